The summed E-state index contributed by atoms with van der Waals surface area (Å²) in [7, 11) is 2.08. The average Bonchev–Trinajstić information content (AvgIpc) is 3.00. The molecule has 1 saturated carbocycles. The molecule has 1 N–H and O–H groups in total. The lowest BCUT2D eigenvalue weighted by atomic mass is 10.0. The number of carbonyl (C=O) groups excluding carboxylic acids is 1. The molecule has 0 aromatic carbocycles. The highest BCUT2D eigenvalue weighted by molar-refractivity contribution is 5.80. The van der Waals surface area contributed by atoms with Crippen LogP contribution in [-0.2, 0) is 9.53 Å². The van der Waals surface area contributed by atoms with Gasteiger partial charge >= 0.3 is 5.97 Å². The highest BCUT2D eigenvalue weighted by Gasteiger charge is 2.37. The van der Waals surface area contributed by atoms with Crippen molar-refractivity contribution in [1.29, 1.82) is 0 Å². The van der Waals surface area contributed by atoms with Crippen molar-refractivity contribution in [3.8, 4) is 0 Å². The van der Waals surface area contributed by atoms with Crippen LogP contribution in [0, 0.1) is 5.92 Å². The van der Waals surface area contributed by atoms with Crippen molar-refractivity contribution >= 4 is 5.97 Å². The first-order valence-corrected chi connectivity index (χ1v) is 7.01. The normalized spacial score (nSPS) is 19.1. The number of carbonyl (C=O) groups is 1. The molecule has 1 atom stereocenters. The number of nitrogens with one attached hydrogen (secondary N) is 1. The van der Waals surface area contributed by atoms with Gasteiger partial charge in [-0.3, -0.25) is 10.1 Å². The minimum atomic E-state index is -0.617. The third kappa shape index (κ3) is 4.94. The highest BCUT2D eigenvalue weighted by atomic mass is 16.5. The van der Waals surface area contributed by atoms with Crippen LogP contribution in [0.5, 0.6) is 0 Å². The molecule has 18 heavy (non-hydrogen) atoms. The Labute approximate surface area is 111 Å². The number of nitrogens with zero attached hydrogens (tertiary/aromatic N) is 1. The van der Waals surface area contributed by atoms with Crippen LogP contribution in [0.2, 0.25) is 0 Å². The molecule has 0 heterocycles. The Balaban J connectivity index is 2.59. The van der Waals surface area contributed by atoms with Crippen LogP contribution in [-0.4, -0.2) is 49.2 Å². The van der Waals surface area contributed by atoms with E-state index in [1.165, 1.54) is 12.8 Å². The molecule has 1 aliphatic carbocycles. The van der Waals surface area contributed by atoms with Gasteiger partial charge in [-0.05, 0) is 53.5 Å². The molecule has 0 bridgehead atoms. The minimum absolute atomic E-state index is 0.152. The summed E-state index contributed by atoms with van der Waals surface area (Å²) in [5.74, 6) is 0.682. The first-order chi connectivity index (χ1) is 8.37. The van der Waals surface area contributed by atoms with E-state index in [1.54, 1.807) is 0 Å². The zero-order chi connectivity index (χ0) is 13.8. The van der Waals surface area contributed by atoms with Crippen molar-refractivity contribution in [3.05, 3.63) is 0 Å². The van der Waals surface area contributed by atoms with Crippen LogP contribution in [0.15, 0.2) is 0 Å². The second kappa shape index (κ2) is 6.53. The lowest BCUT2D eigenvalue weighted by Crippen LogP contribution is -2.59. The first kappa shape index (κ1) is 15.4. The van der Waals surface area contributed by atoms with E-state index in [4.69, 9.17) is 4.74 Å². The van der Waals surface area contributed by atoms with Crippen LogP contribution in [0.25, 0.3) is 0 Å². The number of hydrogen-bond acceptors (Lipinski definition) is 4. The first-order valence-electron chi connectivity index (χ1n) is 7.01. The Bertz CT molecular complexity index is 277. The summed E-state index contributed by atoms with van der Waals surface area (Å²) in [6, 6.07) is 0.258. The van der Waals surface area contributed by atoms with E-state index in [2.05, 4.69) is 31.1 Å². The number of hydrogen-bond donors (Lipinski definition) is 1. The fourth-order valence-corrected chi connectivity index (χ4v) is 2.44. The summed E-state index contributed by atoms with van der Waals surface area (Å²) in [5.41, 5.74) is -0.617. The molecular weight excluding hydrogens is 228 g/mol. The van der Waals surface area contributed by atoms with Gasteiger partial charge in [-0.2, -0.15) is 0 Å². The Morgan fingerprint density at radius 3 is 2.56 bits per heavy atom. The molecule has 106 valence electrons. The monoisotopic (exact) mass is 256 g/mol. The molecule has 0 radical (unpaired) electrons. The number of ether oxygens (including phenoxy) is 1. The number of esters is 1. The van der Waals surface area contributed by atoms with Crippen molar-refractivity contribution in [3.63, 3.8) is 0 Å². The van der Waals surface area contributed by atoms with E-state index in [0.29, 0.717) is 13.2 Å². The topological polar surface area (TPSA) is 41.6 Å². The second-order valence-electron chi connectivity index (χ2n) is 5.99. The molecule has 0 aliphatic heterocycles. The van der Waals surface area contributed by atoms with E-state index in [9.17, 15) is 4.79 Å². The van der Waals surface area contributed by atoms with Gasteiger partial charge in [0.05, 0.1) is 6.61 Å². The predicted octanol–water partition coefficient (Wildman–Crippen LogP) is 1.65. The fraction of sp³-hybridized carbons (Fsp3) is 0.929. The molecule has 0 aromatic rings. The molecule has 1 rings (SSSR count). The van der Waals surface area contributed by atoms with Crippen molar-refractivity contribution in [2.24, 2.45) is 5.92 Å². The Hall–Kier alpha value is -0.610. The Kier molecular flexibility index (Phi) is 5.60. The maximum atomic E-state index is 12.1. The van der Waals surface area contributed by atoms with Crippen LogP contribution >= 0.6 is 0 Å². The molecule has 0 aromatic heterocycles. The van der Waals surface area contributed by atoms with E-state index in [1.807, 2.05) is 13.8 Å². The zero-order valence-corrected chi connectivity index (χ0v) is 12.5. The minimum Gasteiger partial charge on any atom is -0.465 e. The maximum absolute atomic E-state index is 12.1. The summed E-state index contributed by atoms with van der Waals surface area (Å²) in [6.45, 7) is 10.1. The summed E-state index contributed by atoms with van der Waals surface area (Å²) in [6.07, 6.45) is 2.66. The highest BCUT2D eigenvalue weighted by Crippen LogP contribution is 2.29. The molecule has 0 saturated heterocycles. The van der Waals surface area contributed by atoms with Crippen molar-refractivity contribution < 1.29 is 9.53 Å². The van der Waals surface area contributed by atoms with Gasteiger partial charge in [0.1, 0.15) is 5.54 Å². The molecule has 4 heteroatoms. The molecule has 1 aliphatic rings. The van der Waals surface area contributed by atoms with E-state index in [0.717, 1.165) is 12.5 Å². The van der Waals surface area contributed by atoms with Gasteiger partial charge in [-0.15, -0.1) is 0 Å². The van der Waals surface area contributed by atoms with Gasteiger partial charge in [0.15, 0.2) is 0 Å². The smallest absolute Gasteiger partial charge is 0.327 e. The third-order valence-corrected chi connectivity index (χ3v) is 3.19. The lowest BCUT2D eigenvalue weighted by Gasteiger charge is -2.34. The van der Waals surface area contributed by atoms with Crippen molar-refractivity contribution in [2.45, 2.75) is 52.1 Å². The molecular formula is C14H28N2O2. The Morgan fingerprint density at radius 1 is 1.50 bits per heavy atom. The van der Waals surface area contributed by atoms with Gasteiger partial charge in [0.2, 0.25) is 0 Å². The average molecular weight is 256 g/mol. The van der Waals surface area contributed by atoms with E-state index >= 15 is 0 Å². The second-order valence-corrected chi connectivity index (χ2v) is 5.99. The van der Waals surface area contributed by atoms with Gasteiger partial charge in [0.25, 0.3) is 0 Å². The van der Waals surface area contributed by atoms with Gasteiger partial charge in [-0.1, -0.05) is 0 Å². The molecule has 4 nitrogen and oxygen atoms in total. The third-order valence-electron chi connectivity index (χ3n) is 3.19. The molecule has 1 fully saturated rings. The van der Waals surface area contributed by atoms with Gasteiger partial charge < -0.3 is 9.64 Å². The van der Waals surface area contributed by atoms with Crippen LogP contribution in [0.4, 0.5) is 0 Å². The van der Waals surface area contributed by atoms with Crippen molar-refractivity contribution in [1.82, 2.24) is 10.2 Å². The quantitative estimate of drug-likeness (QED) is 0.671. The molecule has 0 spiro atoms. The van der Waals surface area contributed by atoms with Gasteiger partial charge in [0, 0.05) is 19.1 Å². The molecule has 0 amide bonds. The van der Waals surface area contributed by atoms with Crippen LogP contribution < -0.4 is 5.32 Å². The summed E-state index contributed by atoms with van der Waals surface area (Å²) in [5, 5.41) is 3.35. The number of likely N-dealkylation sites (N-methyl/N-ethyl adjacent to an activating group) is 1. The SMILES string of the molecule is CCOC(=O)C(C)(CN(C)CC1CC1)NC(C)C. The molecule has 1 unspecified atom stereocenters. The van der Waals surface area contributed by atoms with Crippen molar-refractivity contribution in [2.75, 3.05) is 26.7 Å². The largest absolute Gasteiger partial charge is 0.465 e. The number of rotatable bonds is 8. The fourth-order valence-electron chi connectivity index (χ4n) is 2.44. The lowest BCUT2D eigenvalue weighted by molar-refractivity contribution is -0.151. The zero-order valence-electron chi connectivity index (χ0n) is 12.5. The summed E-state index contributed by atoms with van der Waals surface area (Å²) < 4.78 is 5.20. The standard InChI is InChI=1S/C14H28N2O2/c1-6-18-13(17)14(4,15-11(2)3)10-16(5)9-12-7-8-12/h11-12,15H,6-10H2,1-5H3. The predicted molar refractivity (Wildman–Crippen MR) is 73.5 cm³/mol. The van der Waals surface area contributed by atoms with E-state index < -0.39 is 5.54 Å². The van der Waals surface area contributed by atoms with E-state index in [-0.39, 0.29) is 12.0 Å². The summed E-state index contributed by atoms with van der Waals surface area (Å²) >= 11 is 0. The maximum Gasteiger partial charge on any atom is 0.327 e. The summed E-state index contributed by atoms with van der Waals surface area (Å²) in [4.78, 5) is 14.4. The Morgan fingerprint density at radius 2 is 2.11 bits per heavy atom. The van der Waals surface area contributed by atoms with Crippen LogP contribution in [0.1, 0.15) is 40.5 Å². The van der Waals surface area contributed by atoms with Crippen LogP contribution in [0.3, 0.4) is 0 Å². The van der Waals surface area contributed by atoms with Gasteiger partial charge in [-0.25, -0.2) is 0 Å².